The Hall–Kier alpha value is -2.78. The van der Waals surface area contributed by atoms with Crippen molar-refractivity contribution in [2.75, 3.05) is 42.6 Å². The molecule has 0 saturated carbocycles. The number of allylic oxidation sites excluding steroid dienone is 1. The van der Waals surface area contributed by atoms with Crippen molar-refractivity contribution >= 4 is 40.9 Å². The second-order valence-electron chi connectivity index (χ2n) is 12.8. The number of hydrogen-bond acceptors (Lipinski definition) is 7. The number of esters is 1. The van der Waals surface area contributed by atoms with E-state index in [9.17, 15) is 19.5 Å². The second kappa shape index (κ2) is 14.5. The zero-order valence-corrected chi connectivity index (χ0v) is 27.9. The fourth-order valence-corrected chi connectivity index (χ4v) is 10.1. The SMILES string of the molecule is C=CCCCOC(=O)[C@@H]1[C@@H]2CC(C)C3(S2)C(C(=O)N(CC=C)c2ccc(N(CC)CC)cc2)N([C@@H](CO)CC(C)C)C(=O)[C@H]13. The molecule has 7 atom stereocenters. The van der Waals surface area contributed by atoms with E-state index in [2.05, 4.69) is 38.8 Å². The number of aliphatic hydroxyl groups excluding tert-OH is 1. The monoisotopic (exact) mass is 625 g/mol. The minimum Gasteiger partial charge on any atom is -0.465 e. The van der Waals surface area contributed by atoms with Crippen LogP contribution in [-0.2, 0) is 19.1 Å². The fraction of sp³-hybridized carbons (Fsp3) is 0.629. The first-order chi connectivity index (χ1) is 21.1. The lowest BCUT2D eigenvalue weighted by Crippen LogP contribution is -2.59. The molecule has 1 aromatic carbocycles. The van der Waals surface area contributed by atoms with E-state index in [4.69, 9.17) is 4.74 Å². The Labute approximate surface area is 267 Å². The number of ether oxygens (including phenoxy) is 1. The number of hydrogen-bond donors (Lipinski definition) is 1. The highest BCUT2D eigenvalue weighted by Gasteiger charge is 2.77. The smallest absolute Gasteiger partial charge is 0.310 e. The van der Waals surface area contributed by atoms with Crippen LogP contribution in [0.2, 0.25) is 0 Å². The maximum atomic E-state index is 15.0. The maximum absolute atomic E-state index is 15.0. The van der Waals surface area contributed by atoms with Gasteiger partial charge in [0.25, 0.3) is 5.91 Å². The van der Waals surface area contributed by atoms with Gasteiger partial charge in [0, 0.05) is 36.3 Å². The first kappa shape index (κ1) is 34.1. The number of anilines is 2. The molecule has 1 aromatic rings. The van der Waals surface area contributed by atoms with Crippen molar-refractivity contribution < 1.29 is 24.2 Å². The molecule has 2 amide bonds. The number of carbonyl (C=O) groups excluding carboxylic acids is 3. The molecule has 3 unspecified atom stereocenters. The van der Waals surface area contributed by atoms with E-state index < -0.39 is 28.7 Å². The number of nitrogens with zero attached hydrogens (tertiary/aromatic N) is 3. The number of carbonyl (C=O) groups is 3. The van der Waals surface area contributed by atoms with Crippen molar-refractivity contribution in [2.24, 2.45) is 23.7 Å². The van der Waals surface area contributed by atoms with E-state index in [0.717, 1.165) is 37.3 Å². The number of unbranched alkanes of at least 4 members (excludes halogenated alkanes) is 1. The lowest BCUT2D eigenvalue weighted by atomic mass is 9.66. The summed E-state index contributed by atoms with van der Waals surface area (Å²) in [6.45, 7) is 20.1. The highest BCUT2D eigenvalue weighted by Crippen LogP contribution is 2.69. The minimum atomic E-state index is -0.832. The fourth-order valence-electron chi connectivity index (χ4n) is 7.75. The molecule has 2 bridgehead atoms. The summed E-state index contributed by atoms with van der Waals surface area (Å²) in [6.07, 6.45) is 6.20. The summed E-state index contributed by atoms with van der Waals surface area (Å²) >= 11 is 1.63. The number of rotatable bonds is 16. The highest BCUT2D eigenvalue weighted by atomic mass is 32.2. The number of likely N-dealkylation sites (tertiary alicyclic amines) is 1. The Morgan fingerprint density at radius 3 is 2.39 bits per heavy atom. The van der Waals surface area contributed by atoms with Gasteiger partial charge in [-0.15, -0.1) is 24.9 Å². The van der Waals surface area contributed by atoms with Crippen molar-refractivity contribution in [1.82, 2.24) is 4.90 Å². The Bertz CT molecular complexity index is 1200. The molecular formula is C35H51N3O5S. The van der Waals surface area contributed by atoms with Crippen LogP contribution in [0.4, 0.5) is 11.4 Å². The van der Waals surface area contributed by atoms with Crippen LogP contribution in [0.15, 0.2) is 49.6 Å². The summed E-state index contributed by atoms with van der Waals surface area (Å²) < 4.78 is 4.93. The van der Waals surface area contributed by atoms with Gasteiger partial charge in [-0.1, -0.05) is 32.9 Å². The highest BCUT2D eigenvalue weighted by molar-refractivity contribution is 8.02. The molecular weight excluding hydrogens is 574 g/mol. The zero-order valence-electron chi connectivity index (χ0n) is 27.1. The Morgan fingerprint density at radius 2 is 1.82 bits per heavy atom. The van der Waals surface area contributed by atoms with Gasteiger partial charge < -0.3 is 24.5 Å². The third-order valence-electron chi connectivity index (χ3n) is 9.70. The van der Waals surface area contributed by atoms with Gasteiger partial charge in [0.2, 0.25) is 5.91 Å². The molecule has 0 radical (unpaired) electrons. The van der Waals surface area contributed by atoms with Crippen molar-refractivity contribution in [2.45, 2.75) is 82.4 Å². The molecule has 1 spiro atoms. The topological polar surface area (TPSA) is 90.4 Å². The van der Waals surface area contributed by atoms with Crippen LogP contribution < -0.4 is 9.80 Å². The summed E-state index contributed by atoms with van der Waals surface area (Å²) in [6, 6.07) is 6.59. The van der Waals surface area contributed by atoms with Crippen molar-refractivity contribution in [3.05, 3.63) is 49.6 Å². The van der Waals surface area contributed by atoms with Gasteiger partial charge in [-0.05, 0) is 75.6 Å². The van der Waals surface area contributed by atoms with Gasteiger partial charge in [0.05, 0.1) is 35.8 Å². The standard InChI is InChI=1S/C35H51N3O5S/c1-8-12-13-19-43-34(42)29-28-21-24(7)35(44-28)30(29)32(40)38(27(22-39)20-23(5)6)31(35)33(41)37(18-9-2)26-16-14-25(15-17-26)36(10-3)11-4/h8-9,14-17,23-24,27-31,39H,1-2,10-13,18-22H2,3-7H3/t24?,27-,28+,29-,30+,31?,35?/m1/s1. The van der Waals surface area contributed by atoms with Gasteiger partial charge in [-0.2, -0.15) is 0 Å². The maximum Gasteiger partial charge on any atom is 0.310 e. The normalized spacial score (nSPS) is 27.8. The summed E-state index contributed by atoms with van der Waals surface area (Å²) in [5.74, 6) is -1.86. The van der Waals surface area contributed by atoms with Crippen molar-refractivity contribution in [3.63, 3.8) is 0 Å². The minimum absolute atomic E-state index is 0.0178. The molecule has 4 rings (SSSR count). The molecule has 3 aliphatic rings. The third kappa shape index (κ3) is 6.06. The molecule has 0 aliphatic carbocycles. The molecule has 3 heterocycles. The Kier molecular flexibility index (Phi) is 11.3. The van der Waals surface area contributed by atoms with E-state index in [-0.39, 0.29) is 54.6 Å². The van der Waals surface area contributed by atoms with Crippen LogP contribution in [0.25, 0.3) is 0 Å². The van der Waals surface area contributed by atoms with Crippen LogP contribution in [0.3, 0.4) is 0 Å². The number of fused-ring (bicyclic) bond motifs is 1. The molecule has 1 N–H and O–H groups in total. The second-order valence-corrected chi connectivity index (χ2v) is 14.3. The van der Waals surface area contributed by atoms with Crippen molar-refractivity contribution in [1.29, 1.82) is 0 Å². The van der Waals surface area contributed by atoms with Crippen LogP contribution >= 0.6 is 11.8 Å². The van der Waals surface area contributed by atoms with Gasteiger partial charge in [0.1, 0.15) is 6.04 Å². The summed E-state index contributed by atoms with van der Waals surface area (Å²) in [7, 11) is 0. The average molecular weight is 626 g/mol. The number of thioether (sulfide) groups is 1. The quantitative estimate of drug-likeness (QED) is 0.151. The van der Waals surface area contributed by atoms with Gasteiger partial charge >= 0.3 is 5.97 Å². The van der Waals surface area contributed by atoms with E-state index in [1.807, 2.05) is 38.1 Å². The van der Waals surface area contributed by atoms with Gasteiger partial charge in [0.15, 0.2) is 0 Å². The summed E-state index contributed by atoms with van der Waals surface area (Å²) in [4.78, 5) is 48.8. The molecule has 3 aliphatic heterocycles. The number of aliphatic hydroxyl groups is 1. The first-order valence-corrected chi connectivity index (χ1v) is 17.1. The number of amides is 2. The molecule has 0 aromatic heterocycles. The third-order valence-corrected chi connectivity index (χ3v) is 11.8. The van der Waals surface area contributed by atoms with E-state index in [0.29, 0.717) is 12.8 Å². The number of benzene rings is 1. The molecule has 44 heavy (non-hydrogen) atoms. The first-order valence-electron chi connectivity index (χ1n) is 16.3. The van der Waals surface area contributed by atoms with E-state index in [1.54, 1.807) is 33.7 Å². The Morgan fingerprint density at radius 1 is 1.16 bits per heavy atom. The van der Waals surface area contributed by atoms with E-state index >= 15 is 0 Å². The summed E-state index contributed by atoms with van der Waals surface area (Å²) in [5.41, 5.74) is 1.80. The Balaban J connectivity index is 1.77. The lowest BCUT2D eigenvalue weighted by molar-refractivity contribution is -0.155. The summed E-state index contributed by atoms with van der Waals surface area (Å²) in [5, 5.41) is 10.5. The lowest BCUT2D eigenvalue weighted by Gasteiger charge is -2.42. The molecule has 8 nitrogen and oxygen atoms in total. The van der Waals surface area contributed by atoms with Gasteiger partial charge in [-0.25, -0.2) is 0 Å². The predicted octanol–water partition coefficient (Wildman–Crippen LogP) is 5.31. The van der Waals surface area contributed by atoms with E-state index in [1.165, 1.54) is 0 Å². The largest absolute Gasteiger partial charge is 0.465 e. The zero-order chi connectivity index (χ0) is 32.2. The van der Waals surface area contributed by atoms with Crippen molar-refractivity contribution in [3.8, 4) is 0 Å². The molecule has 3 fully saturated rings. The molecule has 3 saturated heterocycles. The average Bonchev–Trinajstić information content (AvgIpc) is 3.61. The van der Waals surface area contributed by atoms with Crippen LogP contribution in [0.1, 0.15) is 60.3 Å². The van der Waals surface area contributed by atoms with Crippen LogP contribution in [-0.4, -0.2) is 82.7 Å². The predicted molar refractivity (Wildman–Crippen MR) is 179 cm³/mol. The molecule has 242 valence electrons. The molecule has 9 heteroatoms. The van der Waals surface area contributed by atoms with Crippen LogP contribution in [0.5, 0.6) is 0 Å². The van der Waals surface area contributed by atoms with Gasteiger partial charge in [-0.3, -0.25) is 14.4 Å². The van der Waals surface area contributed by atoms with Crippen LogP contribution in [0, 0.1) is 23.7 Å².